The first-order chi connectivity index (χ1) is 26.3. The van der Waals surface area contributed by atoms with Crippen LogP contribution < -0.4 is 16.0 Å². The number of aliphatic hydroxyl groups is 1. The van der Waals surface area contributed by atoms with E-state index in [2.05, 4.69) is 87.5 Å². The number of fused-ring (bicyclic) bond motifs is 7. The number of allylic oxidation sites excluding steroid dienone is 3. The number of hydrogen-bond acceptors (Lipinski definition) is 7. The SMILES string of the molecule is C=Cc1c2[nH]c(c1C)/C=C1\N/C(=C3\c4[nH]c(c(C)c4C(=O)[C@@H]3C(=O)OCO)/C=c3\[nH]/c(c(C)c3CC)=C\2)[C@@H](CCC(=O)OC/C=C(/C)CCCC(C)C)[C@@H]1C. The van der Waals surface area contributed by atoms with Crippen LogP contribution in [0.3, 0.4) is 0 Å². The Kier molecular flexibility index (Phi) is 11.8. The molecular weight excluding hydrogens is 693 g/mol. The average Bonchev–Trinajstić information content (AvgIpc) is 3.88. The maximum atomic E-state index is 14.3. The van der Waals surface area contributed by atoms with Crippen LogP contribution in [-0.2, 0) is 25.5 Å². The minimum Gasteiger partial charge on any atom is -0.461 e. The number of hydrogen-bond donors (Lipinski definition) is 5. The van der Waals surface area contributed by atoms with Gasteiger partial charge in [-0.05, 0) is 106 Å². The molecule has 0 spiro atoms. The van der Waals surface area contributed by atoms with Crippen molar-refractivity contribution in [3.05, 3.63) is 96.5 Å². The molecular formula is C45H56N4O6. The summed E-state index contributed by atoms with van der Waals surface area (Å²) in [5.41, 5.74) is 11.8. The molecule has 10 nitrogen and oxygen atoms in total. The zero-order valence-electron chi connectivity index (χ0n) is 33.5. The fourth-order valence-corrected chi connectivity index (χ4v) is 8.54. The van der Waals surface area contributed by atoms with Crippen molar-refractivity contribution in [1.29, 1.82) is 0 Å². The van der Waals surface area contributed by atoms with Gasteiger partial charge >= 0.3 is 11.9 Å². The highest BCUT2D eigenvalue weighted by atomic mass is 16.6. The fourth-order valence-electron chi connectivity index (χ4n) is 8.54. The Labute approximate surface area is 323 Å². The Morgan fingerprint density at radius 2 is 1.69 bits per heavy atom. The third kappa shape index (κ3) is 7.61. The summed E-state index contributed by atoms with van der Waals surface area (Å²) >= 11 is 0. The highest BCUT2D eigenvalue weighted by Gasteiger charge is 2.48. The van der Waals surface area contributed by atoms with E-state index >= 15 is 0 Å². The van der Waals surface area contributed by atoms with E-state index in [9.17, 15) is 19.5 Å². The number of aromatic amines is 3. The van der Waals surface area contributed by atoms with Crippen molar-refractivity contribution in [1.82, 2.24) is 20.3 Å². The molecule has 3 aromatic rings. The molecule has 3 atom stereocenters. The van der Waals surface area contributed by atoms with Gasteiger partial charge in [0.1, 0.15) is 12.5 Å². The minimum absolute atomic E-state index is 0.132. The monoisotopic (exact) mass is 748 g/mol. The molecule has 1 aliphatic carbocycles. The van der Waals surface area contributed by atoms with E-state index in [1.54, 1.807) is 0 Å². The number of aliphatic hydroxyl groups excluding tert-OH is 1. The fraction of sp³-hybridized carbons (Fsp3) is 0.444. The van der Waals surface area contributed by atoms with Crippen molar-refractivity contribution in [2.24, 2.45) is 23.7 Å². The first kappa shape index (κ1) is 39.6. The first-order valence-corrected chi connectivity index (χ1v) is 19.6. The van der Waals surface area contributed by atoms with Crippen LogP contribution >= 0.6 is 0 Å². The topological polar surface area (TPSA) is 149 Å². The van der Waals surface area contributed by atoms with Crippen molar-refractivity contribution >= 4 is 47.6 Å². The van der Waals surface area contributed by atoms with Crippen LogP contribution in [-0.4, -0.2) is 51.2 Å². The Morgan fingerprint density at radius 1 is 0.964 bits per heavy atom. The molecule has 0 radical (unpaired) electrons. The van der Waals surface area contributed by atoms with Crippen molar-refractivity contribution in [2.45, 2.75) is 93.9 Å². The number of nitrogens with one attached hydrogen (secondary N) is 4. The number of carbonyl (C=O) groups excluding carboxylic acids is 3. The molecule has 10 heteroatoms. The summed E-state index contributed by atoms with van der Waals surface area (Å²) in [4.78, 5) is 51.9. The van der Waals surface area contributed by atoms with Crippen molar-refractivity contribution in [3.8, 4) is 0 Å². The molecule has 6 rings (SSSR count). The lowest BCUT2D eigenvalue weighted by Crippen LogP contribution is -2.26. The van der Waals surface area contributed by atoms with Crippen molar-refractivity contribution < 1.29 is 29.0 Å². The van der Waals surface area contributed by atoms with Gasteiger partial charge in [0.25, 0.3) is 0 Å². The average molecular weight is 749 g/mol. The van der Waals surface area contributed by atoms with Gasteiger partial charge in [0.15, 0.2) is 12.6 Å². The van der Waals surface area contributed by atoms with Crippen LogP contribution in [0.25, 0.3) is 29.9 Å². The highest BCUT2D eigenvalue weighted by Crippen LogP contribution is 2.48. The summed E-state index contributed by atoms with van der Waals surface area (Å²) in [6, 6.07) is 0. The van der Waals surface area contributed by atoms with Gasteiger partial charge in [-0.2, -0.15) is 0 Å². The molecule has 0 saturated carbocycles. The van der Waals surface area contributed by atoms with Crippen LogP contribution in [0.2, 0.25) is 0 Å². The summed E-state index contributed by atoms with van der Waals surface area (Å²) < 4.78 is 10.8. The molecule has 3 aliphatic rings. The van der Waals surface area contributed by atoms with Crippen LogP contribution in [0, 0.1) is 44.4 Å². The van der Waals surface area contributed by atoms with Crippen LogP contribution in [0.5, 0.6) is 0 Å². The summed E-state index contributed by atoms with van der Waals surface area (Å²) in [7, 11) is 0. The van der Waals surface area contributed by atoms with Crippen LogP contribution in [0.15, 0.2) is 29.6 Å². The molecule has 5 N–H and O–H groups in total. The zero-order chi connectivity index (χ0) is 39.7. The summed E-state index contributed by atoms with van der Waals surface area (Å²) in [6.45, 7) is 20.3. The summed E-state index contributed by atoms with van der Waals surface area (Å²) in [5.74, 6) is -2.58. The number of rotatable bonds is 13. The molecule has 5 heterocycles. The van der Waals surface area contributed by atoms with E-state index < -0.39 is 18.7 Å². The molecule has 3 aromatic heterocycles. The number of H-pyrrole nitrogens is 3. The van der Waals surface area contributed by atoms with Gasteiger partial charge < -0.3 is 34.8 Å². The van der Waals surface area contributed by atoms with Crippen LogP contribution in [0.4, 0.5) is 0 Å². The molecule has 55 heavy (non-hydrogen) atoms. The predicted octanol–water partition coefficient (Wildman–Crippen LogP) is 6.78. The molecule has 0 aromatic carbocycles. The normalized spacial score (nSPS) is 22.4. The molecule has 0 unspecified atom stereocenters. The lowest BCUT2D eigenvalue weighted by molar-refractivity contribution is -0.153. The second-order valence-electron chi connectivity index (χ2n) is 15.7. The maximum Gasteiger partial charge on any atom is 0.323 e. The molecule has 8 bridgehead atoms. The number of ketones is 1. The van der Waals surface area contributed by atoms with Crippen molar-refractivity contribution in [3.63, 3.8) is 0 Å². The van der Waals surface area contributed by atoms with E-state index in [0.717, 1.165) is 81.4 Å². The number of aromatic nitrogens is 3. The third-order valence-corrected chi connectivity index (χ3v) is 11.8. The molecule has 292 valence electrons. The highest BCUT2D eigenvalue weighted by molar-refractivity contribution is 6.24. The lowest BCUT2D eigenvalue weighted by atomic mass is 9.85. The number of esters is 2. The van der Waals surface area contributed by atoms with E-state index in [1.807, 2.05) is 25.2 Å². The second-order valence-corrected chi connectivity index (χ2v) is 15.7. The van der Waals surface area contributed by atoms with Gasteiger partial charge in [-0.3, -0.25) is 14.4 Å². The third-order valence-electron chi connectivity index (χ3n) is 11.8. The van der Waals surface area contributed by atoms with Crippen molar-refractivity contribution in [2.75, 3.05) is 13.4 Å². The van der Waals surface area contributed by atoms with Gasteiger partial charge in [-0.25, -0.2) is 0 Å². The minimum atomic E-state index is -1.29. The van der Waals surface area contributed by atoms with Gasteiger partial charge in [-0.15, -0.1) is 0 Å². The zero-order valence-corrected chi connectivity index (χ0v) is 33.5. The maximum absolute atomic E-state index is 14.3. The molecule has 0 amide bonds. The predicted molar refractivity (Wildman–Crippen MR) is 217 cm³/mol. The van der Waals surface area contributed by atoms with Gasteiger partial charge in [-0.1, -0.05) is 52.3 Å². The standard InChI is InChI=1S/C45H56N4O6/c1-10-29-25(6)32-19-34-27(8)31(15-16-38(51)54-18-17-24(5)14-12-13-23(3)4)42(48-34)40-41(45(53)55-22-50)44(52)39-28(9)35(49-43(39)40)21-37-30(11-2)26(7)33(47-37)20-36(29)46-32/h10,17,19-21,23,27,31,41,46-50H,1,11-16,18,22H2,2-9H3/b24-17-,33-20-,34-19-,37-21-,42-40-/t27-,31-,41+/m0/s1. The Balaban J connectivity index is 1.48. The van der Waals surface area contributed by atoms with E-state index in [-0.39, 0.29) is 36.6 Å². The largest absolute Gasteiger partial charge is 0.461 e. The van der Waals surface area contributed by atoms with E-state index in [4.69, 9.17) is 9.47 Å². The smallest absolute Gasteiger partial charge is 0.323 e. The quantitative estimate of drug-likeness (QED) is 0.0560. The second kappa shape index (κ2) is 16.3. The first-order valence-electron chi connectivity index (χ1n) is 19.6. The molecule has 1 fully saturated rings. The van der Waals surface area contributed by atoms with E-state index in [1.165, 1.54) is 5.57 Å². The number of Topliss-reactive ketones (excluding diaryl/α,β-unsaturated/α-hetero) is 1. The molecule has 1 saturated heterocycles. The summed E-state index contributed by atoms with van der Waals surface area (Å²) in [5, 5.41) is 15.2. The van der Waals surface area contributed by atoms with E-state index in [0.29, 0.717) is 40.4 Å². The van der Waals surface area contributed by atoms with Crippen LogP contribution in [0.1, 0.15) is 128 Å². The lowest BCUT2D eigenvalue weighted by Gasteiger charge is -2.20. The number of carbonyl (C=O) groups is 3. The van der Waals surface area contributed by atoms with Gasteiger partial charge in [0, 0.05) is 74.1 Å². The van der Waals surface area contributed by atoms with Gasteiger partial charge in [0.2, 0.25) is 0 Å². The Hall–Kier alpha value is -5.09. The van der Waals surface area contributed by atoms with Gasteiger partial charge in [0.05, 0.1) is 5.69 Å². The molecule has 2 aliphatic heterocycles. The summed E-state index contributed by atoms with van der Waals surface area (Å²) in [6.07, 6.45) is 14.7. The number of ether oxygens (including phenoxy) is 2. The Morgan fingerprint density at radius 3 is 2.38 bits per heavy atom. The Bertz CT molecular complexity index is 2250.